The lowest BCUT2D eigenvalue weighted by Crippen LogP contribution is -1.78. The number of aliphatic hydroxyl groups excluding tert-OH is 1. The van der Waals surface area contributed by atoms with Crippen molar-refractivity contribution in [2.24, 2.45) is 0 Å². The summed E-state index contributed by atoms with van der Waals surface area (Å²) in [5.74, 6) is 0.437. The van der Waals surface area contributed by atoms with Crippen LogP contribution in [-0.2, 0) is 0 Å². The van der Waals surface area contributed by atoms with Gasteiger partial charge in [-0.2, -0.15) is 0 Å². The van der Waals surface area contributed by atoms with Crippen LogP contribution in [0.15, 0.2) is 24.5 Å². The molecule has 0 saturated carbocycles. The van der Waals surface area contributed by atoms with Crippen LogP contribution >= 0.6 is 0 Å². The first kappa shape index (κ1) is 8.28. The summed E-state index contributed by atoms with van der Waals surface area (Å²) in [5, 5.41) is 8.97. The third-order valence-corrected chi connectivity index (χ3v) is 1.10. The highest BCUT2D eigenvalue weighted by molar-refractivity contribution is 5.02. The molecule has 52 valence electrons. The van der Waals surface area contributed by atoms with Crippen LogP contribution in [-0.4, -0.2) is 5.11 Å². The van der Waals surface area contributed by atoms with E-state index in [4.69, 9.17) is 5.11 Å². The third-order valence-electron chi connectivity index (χ3n) is 1.10. The summed E-state index contributed by atoms with van der Waals surface area (Å²) in [6, 6.07) is 0. The molecule has 0 aromatic carbocycles. The molecule has 0 heterocycles. The Hall–Kier alpha value is -0.720. The molecule has 0 aromatic heterocycles. The van der Waals surface area contributed by atoms with Gasteiger partial charge in [0.25, 0.3) is 0 Å². The number of hydrogen-bond donors (Lipinski definition) is 1. The van der Waals surface area contributed by atoms with E-state index in [1.807, 2.05) is 0 Å². The summed E-state index contributed by atoms with van der Waals surface area (Å²) < 4.78 is 0. The van der Waals surface area contributed by atoms with Gasteiger partial charge in [0, 0.05) is 6.42 Å². The predicted molar refractivity (Wildman–Crippen MR) is 40.4 cm³/mol. The Morgan fingerprint density at radius 1 is 1.67 bits per heavy atom. The van der Waals surface area contributed by atoms with Crippen LogP contribution in [0.25, 0.3) is 0 Å². The summed E-state index contributed by atoms with van der Waals surface area (Å²) >= 11 is 0. The fourth-order valence-corrected chi connectivity index (χ4v) is 0.577. The zero-order chi connectivity index (χ0) is 7.11. The van der Waals surface area contributed by atoms with Crippen molar-refractivity contribution in [1.29, 1.82) is 0 Å². The maximum absolute atomic E-state index is 8.97. The van der Waals surface area contributed by atoms with Gasteiger partial charge in [0.15, 0.2) is 0 Å². The fraction of sp³-hybridized carbons (Fsp3) is 0.500. The van der Waals surface area contributed by atoms with E-state index >= 15 is 0 Å². The van der Waals surface area contributed by atoms with E-state index < -0.39 is 0 Å². The summed E-state index contributed by atoms with van der Waals surface area (Å²) in [6.45, 7) is 5.57. The zero-order valence-corrected chi connectivity index (χ0v) is 5.93. The van der Waals surface area contributed by atoms with Crippen molar-refractivity contribution in [2.75, 3.05) is 0 Å². The molecule has 0 amide bonds. The normalized spacial score (nSPS) is 11.4. The van der Waals surface area contributed by atoms with Gasteiger partial charge in [-0.05, 0) is 12.5 Å². The lowest BCUT2D eigenvalue weighted by molar-refractivity contribution is 0.383. The lowest BCUT2D eigenvalue weighted by Gasteiger charge is -1.93. The average molecular weight is 126 g/mol. The molecular formula is C8H14O. The van der Waals surface area contributed by atoms with E-state index in [9.17, 15) is 0 Å². The van der Waals surface area contributed by atoms with Crippen molar-refractivity contribution < 1.29 is 5.11 Å². The van der Waals surface area contributed by atoms with Crippen molar-refractivity contribution in [1.82, 2.24) is 0 Å². The van der Waals surface area contributed by atoms with E-state index in [0.29, 0.717) is 5.76 Å². The molecular weight excluding hydrogens is 112 g/mol. The number of hydrogen-bond acceptors (Lipinski definition) is 1. The summed E-state index contributed by atoms with van der Waals surface area (Å²) in [5.41, 5.74) is 0. The zero-order valence-electron chi connectivity index (χ0n) is 5.93. The maximum atomic E-state index is 8.97. The fourth-order valence-electron chi connectivity index (χ4n) is 0.577. The molecule has 0 aliphatic rings. The Balaban J connectivity index is 3.36. The highest BCUT2D eigenvalue weighted by Crippen LogP contribution is 2.02. The summed E-state index contributed by atoms with van der Waals surface area (Å²) in [4.78, 5) is 0. The van der Waals surface area contributed by atoms with Crippen LogP contribution in [0.2, 0.25) is 0 Å². The van der Waals surface area contributed by atoms with Crippen LogP contribution in [0, 0.1) is 0 Å². The second-order valence-electron chi connectivity index (χ2n) is 2.00. The molecule has 0 fully saturated rings. The van der Waals surface area contributed by atoms with E-state index in [0.717, 1.165) is 19.3 Å². The largest absolute Gasteiger partial charge is 0.512 e. The van der Waals surface area contributed by atoms with E-state index in [-0.39, 0.29) is 0 Å². The molecule has 0 radical (unpaired) electrons. The predicted octanol–water partition coefficient (Wildman–Crippen LogP) is 2.80. The van der Waals surface area contributed by atoms with Gasteiger partial charge in [0.2, 0.25) is 0 Å². The van der Waals surface area contributed by atoms with Gasteiger partial charge >= 0.3 is 0 Å². The van der Waals surface area contributed by atoms with Gasteiger partial charge in [0.1, 0.15) is 0 Å². The molecule has 0 atom stereocenters. The molecule has 0 bridgehead atoms. The topological polar surface area (TPSA) is 20.2 Å². The van der Waals surface area contributed by atoms with Gasteiger partial charge in [-0.3, -0.25) is 0 Å². The molecule has 1 heteroatoms. The SMILES string of the molecule is C=C/C=C(/O)CCCC. The summed E-state index contributed by atoms with van der Waals surface area (Å²) in [7, 11) is 0. The minimum atomic E-state index is 0.437. The average Bonchev–Trinajstić information content (AvgIpc) is 1.85. The van der Waals surface area contributed by atoms with E-state index in [2.05, 4.69) is 13.5 Å². The molecule has 0 aromatic rings. The number of unbranched alkanes of at least 4 members (excludes halogenated alkanes) is 1. The van der Waals surface area contributed by atoms with Crippen molar-refractivity contribution in [3.8, 4) is 0 Å². The first-order valence-electron chi connectivity index (χ1n) is 3.31. The molecule has 0 spiro atoms. The second-order valence-corrected chi connectivity index (χ2v) is 2.00. The minimum Gasteiger partial charge on any atom is -0.512 e. The van der Waals surface area contributed by atoms with Gasteiger partial charge in [-0.15, -0.1) is 0 Å². The smallest absolute Gasteiger partial charge is 0.0922 e. The van der Waals surface area contributed by atoms with Gasteiger partial charge in [-0.1, -0.05) is 26.0 Å². The van der Waals surface area contributed by atoms with E-state index in [1.165, 1.54) is 0 Å². The Kier molecular flexibility index (Phi) is 4.98. The Morgan fingerprint density at radius 3 is 2.78 bits per heavy atom. The van der Waals surface area contributed by atoms with Crippen molar-refractivity contribution in [2.45, 2.75) is 26.2 Å². The number of aliphatic hydroxyl groups is 1. The quantitative estimate of drug-likeness (QED) is 0.453. The van der Waals surface area contributed by atoms with Crippen LogP contribution < -0.4 is 0 Å². The molecule has 1 nitrogen and oxygen atoms in total. The van der Waals surface area contributed by atoms with Gasteiger partial charge in [0.05, 0.1) is 5.76 Å². The Morgan fingerprint density at radius 2 is 2.33 bits per heavy atom. The second kappa shape index (κ2) is 5.42. The highest BCUT2D eigenvalue weighted by atomic mass is 16.3. The van der Waals surface area contributed by atoms with Crippen LogP contribution in [0.1, 0.15) is 26.2 Å². The standard InChI is InChI=1S/C8H14O/c1-3-5-7-8(9)6-4-2/h4,6,9H,2-3,5,7H2,1H3/b8-6+. The van der Waals surface area contributed by atoms with Crippen LogP contribution in [0.4, 0.5) is 0 Å². The Bertz CT molecular complexity index is 103. The molecule has 0 aliphatic carbocycles. The van der Waals surface area contributed by atoms with E-state index in [1.54, 1.807) is 12.2 Å². The molecule has 0 saturated heterocycles. The molecule has 0 rings (SSSR count). The third kappa shape index (κ3) is 5.15. The van der Waals surface area contributed by atoms with Crippen molar-refractivity contribution in [3.63, 3.8) is 0 Å². The van der Waals surface area contributed by atoms with Gasteiger partial charge < -0.3 is 5.11 Å². The minimum absolute atomic E-state index is 0.437. The molecule has 0 unspecified atom stereocenters. The molecule has 1 N–H and O–H groups in total. The van der Waals surface area contributed by atoms with Crippen LogP contribution in [0.5, 0.6) is 0 Å². The lowest BCUT2D eigenvalue weighted by atomic mass is 10.2. The van der Waals surface area contributed by atoms with Gasteiger partial charge in [-0.25, -0.2) is 0 Å². The van der Waals surface area contributed by atoms with Crippen molar-refractivity contribution in [3.05, 3.63) is 24.5 Å². The summed E-state index contributed by atoms with van der Waals surface area (Å²) in [6.07, 6.45) is 6.19. The Labute approximate surface area is 56.7 Å². The first-order chi connectivity index (χ1) is 4.31. The monoisotopic (exact) mass is 126 g/mol. The molecule has 9 heavy (non-hydrogen) atoms. The first-order valence-corrected chi connectivity index (χ1v) is 3.31. The highest BCUT2D eigenvalue weighted by Gasteiger charge is 1.87. The molecule has 0 aliphatic heterocycles. The maximum Gasteiger partial charge on any atom is 0.0922 e. The van der Waals surface area contributed by atoms with Crippen molar-refractivity contribution >= 4 is 0 Å². The number of rotatable bonds is 4. The van der Waals surface area contributed by atoms with Crippen LogP contribution in [0.3, 0.4) is 0 Å². The number of allylic oxidation sites excluding steroid dienone is 3.